The van der Waals surface area contributed by atoms with E-state index in [0.29, 0.717) is 0 Å². The van der Waals surface area contributed by atoms with E-state index in [-0.39, 0.29) is 31.2 Å². The SMILES string of the molecule is O=C(O)COCCNC(=O)COc1cccc([N+](=O)[O-])c1. The van der Waals surface area contributed by atoms with E-state index in [0.717, 1.165) is 0 Å². The zero-order valence-electron chi connectivity index (χ0n) is 11.0. The molecule has 0 radical (unpaired) electrons. The molecule has 0 aromatic heterocycles. The monoisotopic (exact) mass is 298 g/mol. The molecular formula is C12H14N2O7. The number of nitrogens with one attached hydrogen (secondary N) is 1. The van der Waals surface area contributed by atoms with E-state index >= 15 is 0 Å². The third kappa shape index (κ3) is 6.87. The highest BCUT2D eigenvalue weighted by atomic mass is 16.6. The van der Waals surface area contributed by atoms with Gasteiger partial charge in [0.25, 0.3) is 11.6 Å². The van der Waals surface area contributed by atoms with Crippen molar-refractivity contribution in [3.63, 3.8) is 0 Å². The van der Waals surface area contributed by atoms with Gasteiger partial charge in [-0.2, -0.15) is 0 Å². The van der Waals surface area contributed by atoms with E-state index < -0.39 is 23.4 Å². The van der Waals surface area contributed by atoms with Crippen molar-refractivity contribution in [1.29, 1.82) is 0 Å². The topological polar surface area (TPSA) is 128 Å². The van der Waals surface area contributed by atoms with Crippen molar-refractivity contribution < 1.29 is 29.1 Å². The van der Waals surface area contributed by atoms with Crippen LogP contribution in [0.4, 0.5) is 5.69 Å². The second kappa shape index (κ2) is 8.48. The molecule has 0 aliphatic carbocycles. The van der Waals surface area contributed by atoms with Crippen LogP contribution in [0.3, 0.4) is 0 Å². The maximum atomic E-state index is 11.4. The molecule has 9 heteroatoms. The van der Waals surface area contributed by atoms with E-state index in [2.05, 4.69) is 5.32 Å². The summed E-state index contributed by atoms with van der Waals surface area (Å²) in [7, 11) is 0. The van der Waals surface area contributed by atoms with Crippen molar-refractivity contribution in [1.82, 2.24) is 5.32 Å². The van der Waals surface area contributed by atoms with Crippen molar-refractivity contribution in [2.24, 2.45) is 0 Å². The molecule has 0 spiro atoms. The number of carboxylic acid groups (broad SMARTS) is 1. The molecular weight excluding hydrogens is 284 g/mol. The Morgan fingerprint density at radius 2 is 2.10 bits per heavy atom. The lowest BCUT2D eigenvalue weighted by molar-refractivity contribution is -0.384. The molecule has 9 nitrogen and oxygen atoms in total. The predicted octanol–water partition coefficient (Wildman–Crippen LogP) is 0.191. The zero-order chi connectivity index (χ0) is 15.7. The minimum atomic E-state index is -1.09. The van der Waals surface area contributed by atoms with Crippen molar-refractivity contribution in [3.05, 3.63) is 34.4 Å². The molecule has 0 aliphatic heterocycles. The number of nitro benzene ring substituents is 1. The molecule has 1 amide bonds. The number of benzene rings is 1. The number of rotatable bonds is 9. The zero-order valence-corrected chi connectivity index (χ0v) is 11.0. The summed E-state index contributed by atoms with van der Waals surface area (Å²) >= 11 is 0. The van der Waals surface area contributed by atoms with Gasteiger partial charge in [0.15, 0.2) is 6.61 Å². The highest BCUT2D eigenvalue weighted by Gasteiger charge is 2.08. The van der Waals surface area contributed by atoms with Gasteiger partial charge in [-0.3, -0.25) is 14.9 Å². The van der Waals surface area contributed by atoms with E-state index in [4.69, 9.17) is 14.6 Å². The van der Waals surface area contributed by atoms with Crippen molar-refractivity contribution in [2.45, 2.75) is 0 Å². The van der Waals surface area contributed by atoms with Crippen LogP contribution in [0.15, 0.2) is 24.3 Å². The predicted molar refractivity (Wildman–Crippen MR) is 70.1 cm³/mol. The van der Waals surface area contributed by atoms with Gasteiger partial charge in [-0.05, 0) is 6.07 Å². The summed E-state index contributed by atoms with van der Waals surface area (Å²) in [6, 6.07) is 5.47. The Morgan fingerprint density at radius 1 is 1.33 bits per heavy atom. The number of amides is 1. The Kier molecular flexibility index (Phi) is 6.61. The lowest BCUT2D eigenvalue weighted by atomic mass is 10.3. The lowest BCUT2D eigenvalue weighted by Crippen LogP contribution is -2.32. The quantitative estimate of drug-likeness (QED) is 0.378. The van der Waals surface area contributed by atoms with Crippen LogP contribution in [0.25, 0.3) is 0 Å². The fourth-order valence-corrected chi connectivity index (χ4v) is 1.31. The minimum Gasteiger partial charge on any atom is -0.484 e. The molecule has 0 aliphatic rings. The van der Waals surface area contributed by atoms with Gasteiger partial charge in [0, 0.05) is 12.6 Å². The Morgan fingerprint density at radius 3 is 2.76 bits per heavy atom. The number of non-ortho nitro benzene ring substituents is 1. The molecule has 0 fully saturated rings. The molecule has 2 N–H and O–H groups in total. The van der Waals surface area contributed by atoms with Gasteiger partial charge in [0.1, 0.15) is 12.4 Å². The van der Waals surface area contributed by atoms with Gasteiger partial charge in [-0.15, -0.1) is 0 Å². The third-order valence-electron chi connectivity index (χ3n) is 2.19. The Hall–Kier alpha value is -2.68. The molecule has 0 heterocycles. The van der Waals surface area contributed by atoms with Crippen molar-refractivity contribution >= 4 is 17.6 Å². The number of nitro groups is 1. The van der Waals surface area contributed by atoms with E-state index in [9.17, 15) is 19.7 Å². The molecule has 0 saturated heterocycles. The van der Waals surface area contributed by atoms with Gasteiger partial charge in [-0.1, -0.05) is 6.07 Å². The van der Waals surface area contributed by atoms with E-state index in [1.165, 1.54) is 24.3 Å². The maximum absolute atomic E-state index is 11.4. The highest BCUT2D eigenvalue weighted by molar-refractivity contribution is 5.77. The molecule has 0 atom stereocenters. The summed E-state index contributed by atoms with van der Waals surface area (Å²) in [5.41, 5.74) is -0.130. The molecule has 1 aromatic carbocycles. The van der Waals surface area contributed by atoms with Crippen LogP contribution >= 0.6 is 0 Å². The molecule has 0 saturated carbocycles. The van der Waals surface area contributed by atoms with Crippen LogP contribution in [0.2, 0.25) is 0 Å². The number of hydrogen-bond acceptors (Lipinski definition) is 6. The highest BCUT2D eigenvalue weighted by Crippen LogP contribution is 2.18. The number of ether oxygens (including phenoxy) is 2. The Bertz CT molecular complexity index is 518. The fourth-order valence-electron chi connectivity index (χ4n) is 1.31. The van der Waals surface area contributed by atoms with Crippen LogP contribution in [0, 0.1) is 10.1 Å². The molecule has 0 bridgehead atoms. The van der Waals surface area contributed by atoms with Crippen LogP contribution in [0.1, 0.15) is 0 Å². The largest absolute Gasteiger partial charge is 0.484 e. The third-order valence-corrected chi connectivity index (χ3v) is 2.19. The lowest BCUT2D eigenvalue weighted by Gasteiger charge is -2.07. The number of aliphatic carboxylic acids is 1. The van der Waals surface area contributed by atoms with Crippen LogP contribution in [-0.2, 0) is 14.3 Å². The molecule has 1 aromatic rings. The average Bonchev–Trinajstić information content (AvgIpc) is 2.44. The van der Waals surface area contributed by atoms with E-state index in [1.807, 2.05) is 0 Å². The smallest absolute Gasteiger partial charge is 0.329 e. The van der Waals surface area contributed by atoms with Gasteiger partial charge < -0.3 is 19.9 Å². The summed E-state index contributed by atoms with van der Waals surface area (Å²) < 4.78 is 9.82. The fraction of sp³-hybridized carbons (Fsp3) is 0.333. The van der Waals surface area contributed by atoms with Crippen LogP contribution in [-0.4, -0.2) is 48.3 Å². The number of hydrogen-bond donors (Lipinski definition) is 2. The standard InChI is InChI=1S/C12H14N2O7/c15-11(13-4-5-20-8-12(16)17)7-21-10-3-1-2-9(6-10)14(18)19/h1-3,6H,4-5,7-8H2,(H,13,15)(H,16,17). The average molecular weight is 298 g/mol. The first kappa shape index (κ1) is 16.4. The summed E-state index contributed by atoms with van der Waals surface area (Å²) in [5, 5.41) is 21.3. The number of carbonyl (C=O) groups is 2. The minimum absolute atomic E-state index is 0.0643. The summed E-state index contributed by atoms with van der Waals surface area (Å²) in [4.78, 5) is 31.5. The first-order chi connectivity index (χ1) is 9.99. The van der Waals surface area contributed by atoms with E-state index in [1.54, 1.807) is 0 Å². The van der Waals surface area contributed by atoms with Crippen molar-refractivity contribution in [3.8, 4) is 5.75 Å². The maximum Gasteiger partial charge on any atom is 0.329 e. The summed E-state index contributed by atoms with van der Waals surface area (Å²) in [6.45, 7) is -0.528. The number of nitrogens with zero attached hydrogens (tertiary/aromatic N) is 1. The molecule has 0 unspecified atom stereocenters. The van der Waals surface area contributed by atoms with Crippen LogP contribution < -0.4 is 10.1 Å². The first-order valence-electron chi connectivity index (χ1n) is 5.92. The Balaban J connectivity index is 2.25. The second-order valence-corrected chi connectivity index (χ2v) is 3.84. The first-order valence-corrected chi connectivity index (χ1v) is 5.92. The molecule has 1 rings (SSSR count). The van der Waals surface area contributed by atoms with Crippen molar-refractivity contribution in [2.75, 3.05) is 26.4 Å². The summed E-state index contributed by atoms with van der Waals surface area (Å²) in [5.74, 6) is -1.32. The number of carbonyl (C=O) groups excluding carboxylic acids is 1. The van der Waals surface area contributed by atoms with Gasteiger partial charge in [0.05, 0.1) is 17.6 Å². The normalized spacial score (nSPS) is 9.90. The molecule has 114 valence electrons. The van der Waals surface area contributed by atoms with Crippen LogP contribution in [0.5, 0.6) is 5.75 Å². The molecule has 21 heavy (non-hydrogen) atoms. The van der Waals surface area contributed by atoms with Gasteiger partial charge >= 0.3 is 5.97 Å². The summed E-state index contributed by atoms with van der Waals surface area (Å²) in [6.07, 6.45) is 0. The van der Waals surface area contributed by atoms with Gasteiger partial charge in [0.2, 0.25) is 0 Å². The van der Waals surface area contributed by atoms with Gasteiger partial charge in [-0.25, -0.2) is 4.79 Å². The second-order valence-electron chi connectivity index (χ2n) is 3.84. The Labute approximate surface area is 119 Å². The number of carboxylic acids is 1.